The van der Waals surface area contributed by atoms with Crippen LogP contribution >= 0.6 is 0 Å². The summed E-state index contributed by atoms with van der Waals surface area (Å²) >= 11 is 0. The van der Waals surface area contributed by atoms with E-state index in [-0.39, 0.29) is 11.5 Å². The van der Waals surface area contributed by atoms with Crippen molar-refractivity contribution in [3.63, 3.8) is 0 Å². The number of rotatable bonds is 1. The molecule has 2 heterocycles. The lowest BCUT2D eigenvalue weighted by Gasteiger charge is -2.52. The molecule has 2 aliphatic heterocycles. The topological polar surface area (TPSA) is 41.9 Å². The predicted molar refractivity (Wildman–Crippen MR) is 87.1 cm³/mol. The summed E-state index contributed by atoms with van der Waals surface area (Å²) in [6.07, 6.45) is 6.74. The molecule has 1 spiro atoms. The van der Waals surface area contributed by atoms with Crippen LogP contribution in [0.5, 0.6) is 11.5 Å². The second kappa shape index (κ2) is 4.52. The Morgan fingerprint density at radius 1 is 1.35 bits per heavy atom. The van der Waals surface area contributed by atoms with Gasteiger partial charge >= 0.3 is 0 Å². The number of hydrogen-bond donors (Lipinski definition) is 1. The standard InChI is InChI=1S/C19H23NO3/c1-20-10-9-19-12-5-7-14(21)18(19)23-17-15(22-2)8-4-11(16(17)19)3-6-13(12)20/h4-5,7-8,12-14,18,21H,3,6,9-10H2,1-2H3. The fourth-order valence-corrected chi connectivity index (χ4v) is 5.62. The van der Waals surface area contributed by atoms with Gasteiger partial charge in [0.15, 0.2) is 11.5 Å². The fourth-order valence-electron chi connectivity index (χ4n) is 5.62. The van der Waals surface area contributed by atoms with E-state index in [4.69, 9.17) is 9.47 Å². The van der Waals surface area contributed by atoms with Crippen LogP contribution in [0.4, 0.5) is 0 Å². The summed E-state index contributed by atoms with van der Waals surface area (Å²) < 4.78 is 11.9. The van der Waals surface area contributed by atoms with Crippen LogP contribution in [-0.2, 0) is 11.8 Å². The Balaban J connectivity index is 1.82. The molecule has 1 saturated heterocycles. The first-order chi connectivity index (χ1) is 11.2. The summed E-state index contributed by atoms with van der Waals surface area (Å²) in [4.78, 5) is 2.50. The van der Waals surface area contributed by atoms with Crippen molar-refractivity contribution in [2.75, 3.05) is 20.7 Å². The van der Waals surface area contributed by atoms with E-state index in [2.05, 4.69) is 24.1 Å². The van der Waals surface area contributed by atoms with Crippen molar-refractivity contribution in [1.29, 1.82) is 0 Å². The van der Waals surface area contributed by atoms with E-state index < -0.39 is 6.10 Å². The average Bonchev–Trinajstić information content (AvgIpc) is 2.86. The van der Waals surface area contributed by atoms with Crippen LogP contribution in [0.2, 0.25) is 0 Å². The molecule has 23 heavy (non-hydrogen) atoms. The molecule has 1 fully saturated rings. The normalized spacial score (nSPS) is 40.3. The van der Waals surface area contributed by atoms with Crippen LogP contribution in [0.25, 0.3) is 0 Å². The molecule has 4 nitrogen and oxygen atoms in total. The Kier molecular flexibility index (Phi) is 2.73. The first-order valence-corrected chi connectivity index (χ1v) is 8.60. The monoisotopic (exact) mass is 313 g/mol. The summed E-state index contributed by atoms with van der Waals surface area (Å²) in [6, 6.07) is 4.75. The summed E-state index contributed by atoms with van der Waals surface area (Å²) in [5.74, 6) is 2.09. The second-order valence-corrected chi connectivity index (χ2v) is 7.45. The van der Waals surface area contributed by atoms with Gasteiger partial charge in [0, 0.05) is 22.9 Å². The van der Waals surface area contributed by atoms with Gasteiger partial charge < -0.3 is 19.5 Å². The minimum absolute atomic E-state index is 0.0962. The van der Waals surface area contributed by atoms with Crippen molar-refractivity contribution < 1.29 is 14.6 Å². The van der Waals surface area contributed by atoms with Gasteiger partial charge in [-0.25, -0.2) is 0 Å². The number of aliphatic hydroxyl groups is 1. The number of ether oxygens (including phenoxy) is 2. The van der Waals surface area contributed by atoms with E-state index in [1.807, 2.05) is 12.1 Å². The molecule has 2 bridgehead atoms. The van der Waals surface area contributed by atoms with Gasteiger partial charge in [-0.15, -0.1) is 0 Å². The number of nitrogens with zero attached hydrogens (tertiary/aromatic N) is 1. The van der Waals surface area contributed by atoms with Crippen molar-refractivity contribution in [3.05, 3.63) is 35.4 Å². The van der Waals surface area contributed by atoms with E-state index in [9.17, 15) is 5.11 Å². The number of piperidine rings is 1. The maximum absolute atomic E-state index is 10.6. The van der Waals surface area contributed by atoms with E-state index in [1.54, 1.807) is 7.11 Å². The van der Waals surface area contributed by atoms with Gasteiger partial charge in [0.1, 0.15) is 12.2 Å². The zero-order chi connectivity index (χ0) is 15.8. The van der Waals surface area contributed by atoms with Gasteiger partial charge in [-0.1, -0.05) is 18.2 Å². The highest BCUT2D eigenvalue weighted by Crippen LogP contribution is 2.61. The lowest BCUT2D eigenvalue weighted by molar-refractivity contribution is -0.0396. The van der Waals surface area contributed by atoms with Gasteiger partial charge in [-0.3, -0.25) is 0 Å². The van der Waals surface area contributed by atoms with Crippen molar-refractivity contribution in [2.45, 2.75) is 42.9 Å². The number of likely N-dealkylation sites (tertiary alicyclic amines) is 1. The predicted octanol–water partition coefficient (Wildman–Crippen LogP) is 1.89. The van der Waals surface area contributed by atoms with Crippen LogP contribution < -0.4 is 9.47 Å². The Bertz CT molecular complexity index is 700. The van der Waals surface area contributed by atoms with Gasteiger partial charge in [0.2, 0.25) is 0 Å². The van der Waals surface area contributed by atoms with Crippen LogP contribution in [0.3, 0.4) is 0 Å². The van der Waals surface area contributed by atoms with E-state index in [0.29, 0.717) is 12.0 Å². The summed E-state index contributed by atoms with van der Waals surface area (Å²) in [5, 5.41) is 10.6. The average molecular weight is 313 g/mol. The van der Waals surface area contributed by atoms with Crippen LogP contribution in [0, 0.1) is 5.92 Å². The third kappa shape index (κ3) is 1.54. The summed E-state index contributed by atoms with van der Waals surface area (Å²) in [7, 11) is 3.93. The van der Waals surface area contributed by atoms with Gasteiger partial charge in [-0.05, 0) is 44.5 Å². The molecule has 1 aromatic carbocycles. The number of aliphatic hydroxyl groups excluding tert-OH is 1. The Hall–Kier alpha value is -1.52. The number of hydrogen-bond acceptors (Lipinski definition) is 4. The van der Waals surface area contributed by atoms with E-state index >= 15 is 0 Å². The van der Waals surface area contributed by atoms with Crippen LogP contribution in [-0.4, -0.2) is 49.0 Å². The Labute approximate surface area is 136 Å². The zero-order valence-corrected chi connectivity index (χ0v) is 13.7. The lowest BCUT2D eigenvalue weighted by atomic mass is 9.58. The molecule has 4 aliphatic rings. The van der Waals surface area contributed by atoms with Gasteiger partial charge in [0.25, 0.3) is 0 Å². The van der Waals surface area contributed by atoms with Crippen LogP contribution in [0.15, 0.2) is 24.3 Å². The molecule has 5 unspecified atom stereocenters. The Morgan fingerprint density at radius 3 is 3.04 bits per heavy atom. The van der Waals surface area contributed by atoms with Crippen LogP contribution in [0.1, 0.15) is 24.0 Å². The minimum atomic E-state index is -0.543. The maximum Gasteiger partial charge on any atom is 0.165 e. The smallest absolute Gasteiger partial charge is 0.165 e. The highest BCUT2D eigenvalue weighted by molar-refractivity contribution is 5.61. The van der Waals surface area contributed by atoms with Gasteiger partial charge in [-0.2, -0.15) is 0 Å². The van der Waals surface area contributed by atoms with Crippen molar-refractivity contribution in [2.24, 2.45) is 5.92 Å². The van der Waals surface area contributed by atoms with E-state index in [0.717, 1.165) is 37.3 Å². The number of aryl methyl sites for hydroxylation is 1. The molecule has 5 rings (SSSR count). The molecule has 2 aliphatic carbocycles. The molecular formula is C19H23NO3. The molecule has 0 aromatic heterocycles. The first-order valence-electron chi connectivity index (χ1n) is 8.60. The third-order valence-corrected chi connectivity index (χ3v) is 6.63. The third-order valence-electron chi connectivity index (χ3n) is 6.63. The van der Waals surface area contributed by atoms with E-state index in [1.165, 1.54) is 11.1 Å². The number of methoxy groups -OCH3 is 1. The molecule has 0 saturated carbocycles. The Morgan fingerprint density at radius 2 is 2.22 bits per heavy atom. The first kappa shape index (κ1) is 13.9. The molecule has 0 radical (unpaired) electrons. The summed E-state index contributed by atoms with van der Waals surface area (Å²) in [6.45, 7) is 1.05. The fraction of sp³-hybridized carbons (Fsp3) is 0.579. The largest absolute Gasteiger partial charge is 0.493 e. The highest BCUT2D eigenvalue weighted by Gasteiger charge is 2.62. The number of benzene rings is 1. The molecular weight excluding hydrogens is 290 g/mol. The SMILES string of the molecule is COc1ccc2c3c1OC1C(O)C=CC4C(CC2)N(C)CCC341. The quantitative estimate of drug-likeness (QED) is 0.804. The van der Waals surface area contributed by atoms with Crippen molar-refractivity contribution in [3.8, 4) is 11.5 Å². The lowest BCUT2D eigenvalue weighted by Crippen LogP contribution is -2.61. The highest BCUT2D eigenvalue weighted by atomic mass is 16.5. The molecule has 1 aromatic rings. The molecule has 122 valence electrons. The molecule has 4 heteroatoms. The molecule has 0 amide bonds. The minimum Gasteiger partial charge on any atom is -0.493 e. The molecule has 5 atom stereocenters. The maximum atomic E-state index is 10.6. The van der Waals surface area contributed by atoms with Gasteiger partial charge in [0.05, 0.1) is 7.11 Å². The summed E-state index contributed by atoms with van der Waals surface area (Å²) in [5.41, 5.74) is 2.61. The van der Waals surface area contributed by atoms with Crippen molar-refractivity contribution >= 4 is 0 Å². The second-order valence-electron chi connectivity index (χ2n) is 7.45. The molecule has 1 N–H and O–H groups in total. The van der Waals surface area contributed by atoms with Crippen molar-refractivity contribution in [1.82, 2.24) is 4.90 Å². The zero-order valence-electron chi connectivity index (χ0n) is 13.7.